The molecule has 3 aliphatic carbocycles. The number of hydrogen-bond donors (Lipinski definition) is 2. The van der Waals surface area contributed by atoms with Crippen LogP contribution in [0.4, 0.5) is 17.1 Å². The molecule has 1 fully saturated rings. The molecule has 1 aromatic heterocycles. The lowest BCUT2D eigenvalue weighted by Crippen LogP contribution is -2.39. The molecule has 210 valence electrons. The highest BCUT2D eigenvalue weighted by Gasteiger charge is 2.57. The molecule has 4 atom stereocenters. The number of ketones is 2. The molecule has 0 radical (unpaired) electrons. The summed E-state index contributed by atoms with van der Waals surface area (Å²) < 4.78 is 6.06. The lowest BCUT2D eigenvalue weighted by molar-refractivity contribution is -0.123. The van der Waals surface area contributed by atoms with Crippen molar-refractivity contribution >= 4 is 56.4 Å². The number of Topliss-reactive ketones (excluding diaryl/α,β-unsaturated/α-hetero) is 1. The van der Waals surface area contributed by atoms with E-state index < -0.39 is 23.7 Å². The van der Waals surface area contributed by atoms with Crippen LogP contribution in [0.5, 0.6) is 0 Å². The number of aliphatic hydroxyl groups excluding tert-OH is 1. The number of amides is 2. The molecule has 0 saturated carbocycles. The van der Waals surface area contributed by atoms with E-state index in [1.807, 2.05) is 48.5 Å². The fourth-order valence-corrected chi connectivity index (χ4v) is 7.25. The van der Waals surface area contributed by atoms with E-state index in [9.17, 15) is 24.3 Å². The molecule has 1 saturated heterocycles. The van der Waals surface area contributed by atoms with E-state index in [1.165, 1.54) is 11.0 Å². The Morgan fingerprint density at radius 2 is 1.64 bits per heavy atom. The fourth-order valence-electron chi connectivity index (χ4n) is 6.80. The monoisotopic (exact) mass is 624 g/mol. The average Bonchev–Trinajstić information content (AvgIpc) is 3.58. The van der Waals surface area contributed by atoms with Crippen LogP contribution in [0.2, 0.25) is 0 Å². The predicted octanol–water partition coefficient (Wildman–Crippen LogP) is 5.48. The second-order valence-electron chi connectivity index (χ2n) is 10.9. The van der Waals surface area contributed by atoms with Crippen molar-refractivity contribution in [2.45, 2.75) is 25.4 Å². The predicted molar refractivity (Wildman–Crippen MR) is 158 cm³/mol. The summed E-state index contributed by atoms with van der Waals surface area (Å²) in [4.78, 5) is 55.6. The molecule has 2 N–H and O–H groups in total. The number of nitrogens with one attached hydrogen (secondary N) is 1. The Hall–Kier alpha value is -4.34. The maximum atomic E-state index is 14.1. The van der Waals surface area contributed by atoms with Crippen LogP contribution in [0.15, 0.2) is 105 Å². The molecule has 2 amide bonds. The zero-order valence-electron chi connectivity index (χ0n) is 22.2. The van der Waals surface area contributed by atoms with Crippen molar-refractivity contribution in [3.63, 3.8) is 0 Å². The van der Waals surface area contributed by atoms with Crippen molar-refractivity contribution in [1.29, 1.82) is 0 Å². The number of halogens is 1. The molecule has 4 aliphatic rings. The number of carbonyl (C=O) groups is 4. The number of rotatable bonds is 5. The third-order valence-corrected chi connectivity index (χ3v) is 9.23. The van der Waals surface area contributed by atoms with Gasteiger partial charge in [0.2, 0.25) is 11.8 Å². The van der Waals surface area contributed by atoms with Crippen LogP contribution >= 0.6 is 15.9 Å². The molecular weight excluding hydrogens is 600 g/mol. The minimum Gasteiger partial charge on any atom is -0.463 e. The average molecular weight is 625 g/mol. The maximum absolute atomic E-state index is 14.1. The van der Waals surface area contributed by atoms with Gasteiger partial charge in [0.25, 0.3) is 0 Å². The number of furan rings is 1. The first kappa shape index (κ1) is 26.6. The van der Waals surface area contributed by atoms with Gasteiger partial charge in [0.15, 0.2) is 11.6 Å². The minimum atomic E-state index is -0.686. The van der Waals surface area contributed by atoms with Gasteiger partial charge in [0.1, 0.15) is 18.1 Å². The number of allylic oxidation sites excluding steroid dienone is 6. The van der Waals surface area contributed by atoms with Crippen LogP contribution < -0.4 is 10.2 Å². The molecule has 9 heteroatoms. The van der Waals surface area contributed by atoms with Gasteiger partial charge in [0, 0.05) is 28.6 Å². The topological polar surface area (TPSA) is 117 Å². The second-order valence-corrected chi connectivity index (χ2v) is 11.8. The third kappa shape index (κ3) is 4.15. The van der Waals surface area contributed by atoms with Gasteiger partial charge in [-0.3, -0.25) is 24.1 Å². The summed E-state index contributed by atoms with van der Waals surface area (Å²) in [7, 11) is 0. The van der Waals surface area contributed by atoms with Gasteiger partial charge in [-0.15, -0.1) is 0 Å². The number of fused-ring (bicyclic) bond motifs is 3. The summed E-state index contributed by atoms with van der Waals surface area (Å²) in [5.41, 5.74) is 3.69. The Morgan fingerprint density at radius 3 is 2.36 bits per heavy atom. The molecule has 0 unspecified atom stereocenters. The lowest BCUT2D eigenvalue weighted by Gasteiger charge is -2.41. The van der Waals surface area contributed by atoms with Gasteiger partial charge >= 0.3 is 0 Å². The maximum Gasteiger partial charge on any atom is 0.238 e. The highest BCUT2D eigenvalue weighted by Crippen LogP contribution is 2.55. The largest absolute Gasteiger partial charge is 0.463 e. The van der Waals surface area contributed by atoms with Gasteiger partial charge in [-0.1, -0.05) is 29.8 Å². The summed E-state index contributed by atoms with van der Waals surface area (Å²) >= 11 is 3.23. The highest BCUT2D eigenvalue weighted by atomic mass is 79.9. The second kappa shape index (κ2) is 10.2. The van der Waals surface area contributed by atoms with Gasteiger partial charge in [-0.2, -0.15) is 0 Å². The Labute approximate surface area is 249 Å². The smallest absolute Gasteiger partial charge is 0.238 e. The standard InChI is InChI=1S/C33H25BrN2O6/c34-25-15-26(38)29-24(31(25)39)14-23-21(30(29)27-13-10-20(16-37)42-27)11-12-22-28(23)33(41)36(32(22)40)19-8-6-18(7-9-19)35-17-4-2-1-3-5-17/h1-11,13,15,22-23,28,30,35,37H,12,14,16H2/t22-,23+,28-,30+/m0/s1. The first-order valence-electron chi connectivity index (χ1n) is 13.7. The van der Waals surface area contributed by atoms with Crippen LogP contribution in [0.1, 0.15) is 30.3 Å². The van der Waals surface area contributed by atoms with E-state index in [4.69, 9.17) is 4.42 Å². The van der Waals surface area contributed by atoms with Crippen LogP contribution in [-0.4, -0.2) is 28.5 Å². The summed E-state index contributed by atoms with van der Waals surface area (Å²) in [6.07, 6.45) is 3.72. The van der Waals surface area contributed by atoms with E-state index in [-0.39, 0.29) is 40.9 Å². The van der Waals surface area contributed by atoms with Crippen LogP contribution in [0, 0.1) is 17.8 Å². The molecule has 3 aromatic rings. The molecule has 8 nitrogen and oxygen atoms in total. The van der Waals surface area contributed by atoms with Crippen molar-refractivity contribution in [2.75, 3.05) is 10.2 Å². The Kier molecular flexibility index (Phi) is 6.44. The highest BCUT2D eigenvalue weighted by molar-refractivity contribution is 9.12. The molecule has 2 aromatic carbocycles. The van der Waals surface area contributed by atoms with Gasteiger partial charge in [-0.25, -0.2) is 0 Å². The van der Waals surface area contributed by atoms with Crippen LogP contribution in [-0.2, 0) is 25.8 Å². The number of aliphatic hydroxyl groups is 1. The van der Waals surface area contributed by atoms with Crippen molar-refractivity contribution in [3.05, 3.63) is 112 Å². The summed E-state index contributed by atoms with van der Waals surface area (Å²) in [6.45, 7) is -0.314. The number of hydrogen-bond acceptors (Lipinski definition) is 7. The first-order chi connectivity index (χ1) is 20.4. The summed E-state index contributed by atoms with van der Waals surface area (Å²) in [5, 5.41) is 12.9. The number of imide groups is 1. The lowest BCUT2D eigenvalue weighted by atomic mass is 9.60. The van der Waals surface area contributed by atoms with E-state index in [2.05, 4.69) is 21.2 Å². The summed E-state index contributed by atoms with van der Waals surface area (Å²) in [5.74, 6) is -2.85. The number of anilines is 3. The number of benzene rings is 2. The van der Waals surface area contributed by atoms with Gasteiger partial charge in [0.05, 0.1) is 27.9 Å². The Bertz CT molecular complexity index is 1750. The molecule has 42 heavy (non-hydrogen) atoms. The van der Waals surface area contributed by atoms with E-state index >= 15 is 0 Å². The Balaban J connectivity index is 1.24. The fraction of sp³-hybridized carbons (Fsp3) is 0.212. The molecule has 1 aliphatic heterocycles. The summed E-state index contributed by atoms with van der Waals surface area (Å²) in [6, 6.07) is 20.2. The van der Waals surface area contributed by atoms with Crippen molar-refractivity contribution in [3.8, 4) is 0 Å². The van der Waals surface area contributed by atoms with Crippen LogP contribution in [0.3, 0.4) is 0 Å². The van der Waals surface area contributed by atoms with Gasteiger partial charge in [-0.05, 0) is 83.2 Å². The molecule has 7 rings (SSSR count). The van der Waals surface area contributed by atoms with E-state index in [1.54, 1.807) is 24.3 Å². The van der Waals surface area contributed by atoms with Gasteiger partial charge < -0.3 is 14.8 Å². The van der Waals surface area contributed by atoms with Crippen molar-refractivity contribution in [1.82, 2.24) is 0 Å². The minimum absolute atomic E-state index is 0.167. The zero-order chi connectivity index (χ0) is 29.1. The quantitative estimate of drug-likeness (QED) is 0.219. The number of para-hydroxylation sites is 1. The molecule has 0 bridgehead atoms. The van der Waals surface area contributed by atoms with E-state index in [0.29, 0.717) is 34.8 Å². The van der Waals surface area contributed by atoms with Crippen molar-refractivity contribution < 1.29 is 28.7 Å². The normalized spacial score (nSPS) is 25.1. The van der Waals surface area contributed by atoms with Crippen molar-refractivity contribution in [2.24, 2.45) is 17.8 Å². The third-order valence-electron chi connectivity index (χ3n) is 8.64. The molecule has 0 spiro atoms. The zero-order valence-corrected chi connectivity index (χ0v) is 23.8. The first-order valence-corrected chi connectivity index (χ1v) is 14.5. The number of carbonyl (C=O) groups excluding carboxylic acids is 4. The van der Waals surface area contributed by atoms with Crippen LogP contribution in [0.25, 0.3) is 0 Å². The molecule has 2 heterocycles. The molecular formula is C33H25BrN2O6. The van der Waals surface area contributed by atoms with E-state index in [0.717, 1.165) is 16.9 Å². The number of nitrogens with zero attached hydrogens (tertiary/aromatic N) is 1. The Morgan fingerprint density at radius 1 is 0.905 bits per heavy atom. The SMILES string of the molecule is O=C1C=C(Br)C(=O)C2=C1[C@@H](c1ccc(CO)o1)C1=CC[C@@H]3C(=O)N(c4ccc(Nc5ccccc5)cc4)C(=O)[C@@H]3[C@@H]1C2.